The van der Waals surface area contributed by atoms with Gasteiger partial charge in [0.2, 0.25) is 0 Å². The van der Waals surface area contributed by atoms with Crippen LogP contribution < -0.4 is 0 Å². The zero-order valence-corrected chi connectivity index (χ0v) is 12.8. The van der Waals surface area contributed by atoms with Gasteiger partial charge in [-0.25, -0.2) is 0 Å². The lowest BCUT2D eigenvalue weighted by atomic mass is 10.1. The van der Waals surface area contributed by atoms with Crippen molar-refractivity contribution in [2.45, 2.75) is 13.8 Å². The fourth-order valence-electron chi connectivity index (χ4n) is 2.46. The molecule has 0 spiro atoms. The average Bonchev–Trinajstić information content (AvgIpc) is 2.56. The molecule has 0 N–H and O–H groups in total. The van der Waals surface area contributed by atoms with Crippen molar-refractivity contribution in [3.05, 3.63) is 84.4 Å². The van der Waals surface area contributed by atoms with Crippen LogP contribution in [0.25, 0.3) is 21.5 Å². The lowest BCUT2D eigenvalue weighted by molar-refractivity contribution is 1.22. The van der Waals surface area contributed by atoms with Gasteiger partial charge in [0.1, 0.15) is 0 Å². The van der Waals surface area contributed by atoms with Gasteiger partial charge in [0.15, 0.2) is 0 Å². The first-order valence-electron chi connectivity index (χ1n) is 7.36. The molecule has 2 nitrogen and oxygen atoms in total. The minimum absolute atomic E-state index is 1.07. The summed E-state index contributed by atoms with van der Waals surface area (Å²) < 4.78 is 0. The Labute approximate surface area is 130 Å². The van der Waals surface area contributed by atoms with Gasteiger partial charge >= 0.3 is 0 Å². The molecule has 0 saturated heterocycles. The van der Waals surface area contributed by atoms with Gasteiger partial charge in [-0.15, -0.1) is 0 Å². The maximum atomic E-state index is 4.21. The fraction of sp³-hybridized carbons (Fsp3) is 0.100. The smallest absolute Gasteiger partial charge is 0.0450 e. The molecule has 4 aromatic rings. The van der Waals surface area contributed by atoms with Crippen LogP contribution in [0.4, 0.5) is 0 Å². The first kappa shape index (κ1) is 14.2. The van der Waals surface area contributed by atoms with Crippen molar-refractivity contribution < 1.29 is 0 Å². The first-order chi connectivity index (χ1) is 10.7. The topological polar surface area (TPSA) is 25.8 Å². The summed E-state index contributed by atoms with van der Waals surface area (Å²) in [4.78, 5) is 8.41. The predicted molar refractivity (Wildman–Crippen MR) is 93.0 cm³/mol. The summed E-state index contributed by atoms with van der Waals surface area (Å²) in [5.41, 5.74) is 2.17. The molecule has 0 aliphatic heterocycles. The Morgan fingerprint density at radius 1 is 0.682 bits per heavy atom. The monoisotopic (exact) mass is 286 g/mol. The number of pyridine rings is 2. The molecule has 0 fully saturated rings. The van der Waals surface area contributed by atoms with Gasteiger partial charge < -0.3 is 0 Å². The Morgan fingerprint density at radius 2 is 1.36 bits per heavy atom. The lowest BCUT2D eigenvalue weighted by Gasteiger charge is -1.97. The van der Waals surface area contributed by atoms with E-state index in [0.717, 1.165) is 11.4 Å². The number of aryl methyl sites for hydroxylation is 2. The number of rotatable bonds is 0. The number of benzene rings is 2. The molecule has 108 valence electrons. The van der Waals surface area contributed by atoms with Crippen LogP contribution in [0.2, 0.25) is 0 Å². The molecule has 0 radical (unpaired) electrons. The summed E-state index contributed by atoms with van der Waals surface area (Å²) in [7, 11) is 0. The van der Waals surface area contributed by atoms with E-state index < -0.39 is 0 Å². The second-order valence-electron chi connectivity index (χ2n) is 5.29. The normalized spacial score (nSPS) is 10.3. The first-order valence-corrected chi connectivity index (χ1v) is 7.36. The Hall–Kier alpha value is -2.74. The van der Waals surface area contributed by atoms with Gasteiger partial charge in [-0.05, 0) is 36.8 Å². The van der Waals surface area contributed by atoms with E-state index in [9.17, 15) is 0 Å². The molecule has 2 aromatic carbocycles. The molecule has 0 amide bonds. The molecule has 0 bridgehead atoms. The molecule has 0 atom stereocenters. The van der Waals surface area contributed by atoms with E-state index in [-0.39, 0.29) is 0 Å². The predicted octanol–water partition coefficient (Wildman–Crippen LogP) is 5.09. The highest BCUT2D eigenvalue weighted by Gasteiger charge is 1.93. The van der Waals surface area contributed by atoms with E-state index in [1.54, 1.807) is 0 Å². The fourth-order valence-corrected chi connectivity index (χ4v) is 2.46. The molecule has 2 aromatic heterocycles. The van der Waals surface area contributed by atoms with Gasteiger partial charge in [-0.3, -0.25) is 9.97 Å². The standard InChI is InChI=1S/2C10H9N/c1-8-6-9-4-2-3-5-10(9)7-11-8;1-8-10-5-3-2-4-9(10)6-7-11-8/h2*2-7H,1H3. The molecule has 2 heteroatoms. The molecular weight excluding hydrogens is 268 g/mol. The second-order valence-corrected chi connectivity index (χ2v) is 5.29. The van der Waals surface area contributed by atoms with Crippen molar-refractivity contribution in [2.75, 3.05) is 0 Å². The highest BCUT2D eigenvalue weighted by molar-refractivity contribution is 5.84. The van der Waals surface area contributed by atoms with Crippen LogP contribution in [0.5, 0.6) is 0 Å². The van der Waals surface area contributed by atoms with E-state index in [2.05, 4.69) is 40.3 Å². The van der Waals surface area contributed by atoms with E-state index in [1.807, 2.05) is 56.6 Å². The van der Waals surface area contributed by atoms with Crippen molar-refractivity contribution in [1.82, 2.24) is 9.97 Å². The zero-order chi connectivity index (χ0) is 15.4. The molecule has 0 aliphatic rings. The van der Waals surface area contributed by atoms with Crippen LogP contribution in [0.1, 0.15) is 11.4 Å². The van der Waals surface area contributed by atoms with Crippen LogP contribution in [-0.4, -0.2) is 9.97 Å². The van der Waals surface area contributed by atoms with Crippen LogP contribution in [0.15, 0.2) is 73.1 Å². The Bertz CT molecular complexity index is 902. The van der Waals surface area contributed by atoms with E-state index in [0.29, 0.717) is 0 Å². The van der Waals surface area contributed by atoms with Gasteiger partial charge in [0.05, 0.1) is 0 Å². The molecule has 2 heterocycles. The van der Waals surface area contributed by atoms with E-state index >= 15 is 0 Å². The summed E-state index contributed by atoms with van der Waals surface area (Å²) in [6, 6.07) is 20.6. The van der Waals surface area contributed by atoms with Gasteiger partial charge in [-0.2, -0.15) is 0 Å². The average molecular weight is 286 g/mol. The van der Waals surface area contributed by atoms with E-state index in [4.69, 9.17) is 0 Å². The SMILES string of the molecule is Cc1cc2ccccc2cn1.Cc1nccc2ccccc12. The Balaban J connectivity index is 0.000000131. The van der Waals surface area contributed by atoms with Crippen LogP contribution in [0.3, 0.4) is 0 Å². The van der Waals surface area contributed by atoms with Crippen molar-refractivity contribution in [2.24, 2.45) is 0 Å². The van der Waals surface area contributed by atoms with Crippen LogP contribution >= 0.6 is 0 Å². The summed E-state index contributed by atoms with van der Waals surface area (Å²) in [5.74, 6) is 0. The third-order valence-electron chi connectivity index (χ3n) is 3.64. The van der Waals surface area contributed by atoms with Crippen molar-refractivity contribution in [1.29, 1.82) is 0 Å². The number of aromatic nitrogens is 2. The second kappa shape index (κ2) is 6.35. The minimum atomic E-state index is 1.07. The number of fused-ring (bicyclic) bond motifs is 2. The number of nitrogens with zero attached hydrogens (tertiary/aromatic N) is 2. The largest absolute Gasteiger partial charge is 0.261 e. The molecule has 0 aliphatic carbocycles. The quantitative estimate of drug-likeness (QED) is 0.450. The highest BCUT2D eigenvalue weighted by Crippen LogP contribution is 2.14. The molecule has 0 unspecified atom stereocenters. The third kappa shape index (κ3) is 3.12. The lowest BCUT2D eigenvalue weighted by Crippen LogP contribution is -1.80. The van der Waals surface area contributed by atoms with Gasteiger partial charge in [0.25, 0.3) is 0 Å². The molecular formula is C20H18N2. The maximum Gasteiger partial charge on any atom is 0.0450 e. The molecule has 22 heavy (non-hydrogen) atoms. The van der Waals surface area contributed by atoms with Crippen molar-refractivity contribution >= 4 is 21.5 Å². The number of hydrogen-bond acceptors (Lipinski definition) is 2. The van der Waals surface area contributed by atoms with Gasteiger partial charge in [0, 0.05) is 34.6 Å². The summed E-state index contributed by atoms with van der Waals surface area (Å²) in [5, 5.41) is 4.98. The summed E-state index contributed by atoms with van der Waals surface area (Å²) in [6.45, 7) is 4.04. The number of hydrogen-bond donors (Lipinski definition) is 0. The summed E-state index contributed by atoms with van der Waals surface area (Å²) >= 11 is 0. The molecule has 4 rings (SSSR count). The Morgan fingerprint density at radius 3 is 2.14 bits per heavy atom. The third-order valence-corrected chi connectivity index (χ3v) is 3.64. The summed E-state index contributed by atoms with van der Waals surface area (Å²) in [6.07, 6.45) is 3.75. The minimum Gasteiger partial charge on any atom is -0.261 e. The van der Waals surface area contributed by atoms with E-state index in [1.165, 1.54) is 21.5 Å². The Kier molecular flexibility index (Phi) is 4.10. The van der Waals surface area contributed by atoms with Crippen molar-refractivity contribution in [3.8, 4) is 0 Å². The van der Waals surface area contributed by atoms with Crippen molar-refractivity contribution in [3.63, 3.8) is 0 Å². The maximum absolute atomic E-state index is 4.21. The zero-order valence-electron chi connectivity index (χ0n) is 12.8. The molecule has 0 saturated carbocycles. The highest BCUT2D eigenvalue weighted by atomic mass is 14.7. The van der Waals surface area contributed by atoms with Gasteiger partial charge in [-0.1, -0.05) is 48.5 Å². The van der Waals surface area contributed by atoms with Crippen LogP contribution in [-0.2, 0) is 0 Å². The van der Waals surface area contributed by atoms with Crippen LogP contribution in [0, 0.1) is 13.8 Å².